The van der Waals surface area contributed by atoms with Crippen molar-refractivity contribution in [2.45, 2.75) is 83.5 Å². The Morgan fingerprint density at radius 1 is 0.893 bits per heavy atom. The summed E-state index contributed by atoms with van der Waals surface area (Å²) >= 11 is 0. The van der Waals surface area contributed by atoms with Crippen molar-refractivity contribution < 1.29 is 0 Å². The van der Waals surface area contributed by atoms with Crippen LogP contribution in [0.1, 0.15) is 89.0 Å². The Hall–Kier alpha value is -0.820. The van der Waals surface area contributed by atoms with Crippen LogP contribution in [0.3, 0.4) is 0 Å². The molecule has 0 N–H and O–H groups in total. The van der Waals surface area contributed by atoms with E-state index in [4.69, 9.17) is 0 Å². The first-order chi connectivity index (χ1) is 13.7. The minimum atomic E-state index is 0.626. The van der Waals surface area contributed by atoms with Crippen LogP contribution in [0.4, 0.5) is 0 Å². The summed E-state index contributed by atoms with van der Waals surface area (Å²) in [6.45, 7) is 6.65. The number of likely N-dealkylation sites (tertiary alicyclic amines) is 1. The molecule has 1 aromatic rings. The van der Waals surface area contributed by atoms with Crippen LogP contribution in [0.15, 0.2) is 30.3 Å². The summed E-state index contributed by atoms with van der Waals surface area (Å²) in [6, 6.07) is 11.7. The van der Waals surface area contributed by atoms with Gasteiger partial charge in [-0.25, -0.2) is 0 Å². The standard InChI is InChI=1S/C27H41N/c1-21(9-8-14-28-12-6-3-7-13-28)26(25-10-4-2-5-11-25)27-18-22-15-23(19-27)17-24(16-22)20-27/h2,4-5,10-11,21-24,26H,3,6-9,12-20H2,1H3. The first kappa shape index (κ1) is 19.2. The van der Waals surface area contributed by atoms with E-state index in [-0.39, 0.29) is 0 Å². The highest BCUT2D eigenvalue weighted by atomic mass is 15.1. The Morgan fingerprint density at radius 3 is 2.11 bits per heavy atom. The Bertz CT molecular complexity index is 594. The van der Waals surface area contributed by atoms with Gasteiger partial charge in [0.25, 0.3) is 0 Å². The van der Waals surface area contributed by atoms with Crippen molar-refractivity contribution in [2.24, 2.45) is 29.1 Å². The summed E-state index contributed by atoms with van der Waals surface area (Å²) in [5.41, 5.74) is 2.29. The molecule has 5 aliphatic rings. The number of nitrogens with zero attached hydrogens (tertiary/aromatic N) is 1. The zero-order chi connectivity index (χ0) is 19.0. The van der Waals surface area contributed by atoms with Gasteiger partial charge in [-0.1, -0.05) is 43.7 Å². The minimum absolute atomic E-state index is 0.626. The quantitative estimate of drug-likeness (QED) is 0.498. The average molecular weight is 380 g/mol. The van der Waals surface area contributed by atoms with Crippen LogP contribution >= 0.6 is 0 Å². The molecule has 2 atom stereocenters. The lowest BCUT2D eigenvalue weighted by atomic mass is 9.44. The fourth-order valence-corrected chi connectivity index (χ4v) is 8.49. The molecule has 1 nitrogen and oxygen atoms in total. The van der Waals surface area contributed by atoms with E-state index < -0.39 is 0 Å². The van der Waals surface area contributed by atoms with Crippen LogP contribution in [-0.4, -0.2) is 24.5 Å². The molecule has 0 aromatic heterocycles. The second-order valence-corrected chi connectivity index (χ2v) is 11.2. The molecule has 28 heavy (non-hydrogen) atoms. The van der Waals surface area contributed by atoms with Gasteiger partial charge in [-0.05, 0) is 124 Å². The SMILES string of the molecule is CC(CCCN1CCCCC1)C(c1ccccc1)C12CC3CC(CC(C3)C1)C2. The van der Waals surface area contributed by atoms with Crippen LogP contribution in [0, 0.1) is 29.1 Å². The Labute approximate surface area is 173 Å². The highest BCUT2D eigenvalue weighted by molar-refractivity contribution is 5.25. The molecule has 154 valence electrons. The van der Waals surface area contributed by atoms with Crippen LogP contribution in [0.25, 0.3) is 0 Å². The van der Waals surface area contributed by atoms with Gasteiger partial charge >= 0.3 is 0 Å². The van der Waals surface area contributed by atoms with Crippen LogP contribution in [0.2, 0.25) is 0 Å². The van der Waals surface area contributed by atoms with E-state index in [1.54, 1.807) is 24.8 Å². The van der Waals surface area contributed by atoms with Gasteiger partial charge in [0.1, 0.15) is 0 Å². The highest BCUT2D eigenvalue weighted by Gasteiger charge is 2.55. The average Bonchev–Trinajstić information content (AvgIpc) is 2.68. The topological polar surface area (TPSA) is 3.24 Å². The Kier molecular flexibility index (Phi) is 5.57. The van der Waals surface area contributed by atoms with E-state index in [1.807, 2.05) is 0 Å². The molecule has 4 aliphatic carbocycles. The Balaban J connectivity index is 1.32. The molecule has 1 saturated heterocycles. The van der Waals surface area contributed by atoms with Crippen LogP contribution in [-0.2, 0) is 0 Å². The van der Waals surface area contributed by atoms with E-state index in [0.717, 1.165) is 29.6 Å². The number of benzene rings is 1. The van der Waals surface area contributed by atoms with Crippen molar-refractivity contribution in [1.82, 2.24) is 4.90 Å². The maximum absolute atomic E-state index is 2.73. The highest BCUT2D eigenvalue weighted by Crippen LogP contribution is 2.66. The van der Waals surface area contributed by atoms with E-state index in [9.17, 15) is 0 Å². The molecule has 1 heteroatoms. The molecule has 1 aromatic carbocycles. The van der Waals surface area contributed by atoms with Crippen LogP contribution in [0.5, 0.6) is 0 Å². The lowest BCUT2D eigenvalue weighted by molar-refractivity contribution is -0.0787. The molecule has 0 radical (unpaired) electrons. The first-order valence-electron chi connectivity index (χ1n) is 12.5. The van der Waals surface area contributed by atoms with Gasteiger partial charge < -0.3 is 4.90 Å². The van der Waals surface area contributed by atoms with E-state index in [0.29, 0.717) is 5.41 Å². The summed E-state index contributed by atoms with van der Waals surface area (Å²) in [5, 5.41) is 0. The van der Waals surface area contributed by atoms with Gasteiger partial charge in [-0.2, -0.15) is 0 Å². The van der Waals surface area contributed by atoms with Crippen molar-refractivity contribution in [3.05, 3.63) is 35.9 Å². The fourth-order valence-electron chi connectivity index (χ4n) is 8.49. The minimum Gasteiger partial charge on any atom is -0.303 e. The van der Waals surface area contributed by atoms with Crippen molar-refractivity contribution in [3.8, 4) is 0 Å². The maximum atomic E-state index is 2.73. The number of piperidine rings is 1. The molecular formula is C27H41N. The first-order valence-corrected chi connectivity index (χ1v) is 12.5. The zero-order valence-corrected chi connectivity index (χ0v) is 18.1. The molecule has 1 aliphatic heterocycles. The Morgan fingerprint density at radius 2 is 1.50 bits per heavy atom. The lowest BCUT2D eigenvalue weighted by Gasteiger charge is -2.60. The van der Waals surface area contributed by atoms with Crippen molar-refractivity contribution >= 4 is 0 Å². The summed E-state index contributed by atoms with van der Waals surface area (Å²) in [5.74, 6) is 4.78. The molecule has 2 unspecified atom stereocenters. The van der Waals surface area contributed by atoms with Crippen LogP contribution < -0.4 is 0 Å². The van der Waals surface area contributed by atoms with E-state index >= 15 is 0 Å². The number of hydrogen-bond donors (Lipinski definition) is 0. The molecule has 1 heterocycles. The van der Waals surface area contributed by atoms with Gasteiger partial charge in [0, 0.05) is 0 Å². The van der Waals surface area contributed by atoms with E-state index in [1.165, 1.54) is 71.0 Å². The van der Waals surface area contributed by atoms with Crippen molar-refractivity contribution in [3.63, 3.8) is 0 Å². The molecule has 6 rings (SSSR count). The largest absolute Gasteiger partial charge is 0.303 e. The van der Waals surface area contributed by atoms with Crippen molar-refractivity contribution in [1.29, 1.82) is 0 Å². The van der Waals surface area contributed by atoms with Gasteiger partial charge in [-0.3, -0.25) is 0 Å². The molecule has 4 saturated carbocycles. The molecule has 0 amide bonds. The predicted molar refractivity (Wildman–Crippen MR) is 118 cm³/mol. The monoisotopic (exact) mass is 379 g/mol. The van der Waals surface area contributed by atoms with E-state index in [2.05, 4.69) is 42.2 Å². The summed E-state index contributed by atoms with van der Waals surface area (Å²) < 4.78 is 0. The third kappa shape index (κ3) is 3.81. The maximum Gasteiger partial charge on any atom is -0.00186 e. The molecular weight excluding hydrogens is 338 g/mol. The lowest BCUT2D eigenvalue weighted by Crippen LogP contribution is -2.50. The summed E-state index contributed by atoms with van der Waals surface area (Å²) in [6.07, 6.45) is 16.4. The fraction of sp³-hybridized carbons (Fsp3) is 0.778. The number of rotatable bonds is 7. The van der Waals surface area contributed by atoms with Gasteiger partial charge in [0.05, 0.1) is 0 Å². The summed E-state index contributed by atoms with van der Waals surface area (Å²) in [4.78, 5) is 2.73. The second kappa shape index (κ2) is 8.13. The second-order valence-electron chi connectivity index (χ2n) is 11.2. The van der Waals surface area contributed by atoms with Crippen molar-refractivity contribution in [2.75, 3.05) is 19.6 Å². The number of hydrogen-bond acceptors (Lipinski definition) is 1. The third-order valence-corrected chi connectivity index (χ3v) is 9.06. The molecule has 0 spiro atoms. The zero-order valence-electron chi connectivity index (χ0n) is 18.1. The molecule has 5 fully saturated rings. The predicted octanol–water partition coefficient (Wildman–Crippen LogP) is 6.89. The van der Waals surface area contributed by atoms with Gasteiger partial charge in [0.2, 0.25) is 0 Å². The van der Waals surface area contributed by atoms with Gasteiger partial charge in [-0.15, -0.1) is 0 Å². The summed E-state index contributed by atoms with van der Waals surface area (Å²) in [7, 11) is 0. The normalized spacial score (nSPS) is 37.1. The van der Waals surface area contributed by atoms with Gasteiger partial charge in [0.15, 0.2) is 0 Å². The molecule has 4 bridgehead atoms. The smallest absolute Gasteiger partial charge is 0.00186 e. The third-order valence-electron chi connectivity index (χ3n) is 9.06.